The van der Waals surface area contributed by atoms with Crippen LogP contribution in [0.15, 0.2) is 55.0 Å². The maximum atomic E-state index is 13.1. The highest BCUT2D eigenvalue weighted by atomic mass is 19.4. The minimum Gasteiger partial charge on any atom is -0.291 e. The van der Waals surface area contributed by atoms with E-state index in [0.717, 1.165) is 27.9 Å². The van der Waals surface area contributed by atoms with Crippen molar-refractivity contribution < 1.29 is 18.0 Å². The summed E-state index contributed by atoms with van der Waals surface area (Å²) in [5.41, 5.74) is -0.637. The Hall–Kier alpha value is -3.67. The van der Waals surface area contributed by atoms with Crippen LogP contribution >= 0.6 is 0 Å². The van der Waals surface area contributed by atoms with E-state index in [2.05, 4.69) is 9.97 Å². The summed E-state index contributed by atoms with van der Waals surface area (Å²) in [4.78, 5) is 22.9. The number of alkyl halides is 3. The van der Waals surface area contributed by atoms with Crippen LogP contribution in [-0.2, 0) is 6.18 Å². The zero-order valence-corrected chi connectivity index (χ0v) is 14.3. The van der Waals surface area contributed by atoms with Gasteiger partial charge in [0.15, 0.2) is 0 Å². The van der Waals surface area contributed by atoms with E-state index in [4.69, 9.17) is 0 Å². The molecule has 2 amide bonds. The Balaban J connectivity index is 1.78. The molecule has 1 atom stereocenters. The summed E-state index contributed by atoms with van der Waals surface area (Å²) >= 11 is 0. The van der Waals surface area contributed by atoms with Gasteiger partial charge < -0.3 is 0 Å². The van der Waals surface area contributed by atoms with Crippen molar-refractivity contribution in [1.82, 2.24) is 9.97 Å². The van der Waals surface area contributed by atoms with E-state index in [9.17, 15) is 23.2 Å². The Bertz CT molecular complexity index is 1100. The number of carbonyl (C=O) groups is 1. The first kappa shape index (κ1) is 17.7. The van der Waals surface area contributed by atoms with Crippen molar-refractivity contribution in [2.45, 2.75) is 12.2 Å². The molecule has 0 bridgehead atoms. The fourth-order valence-corrected chi connectivity index (χ4v) is 3.22. The summed E-state index contributed by atoms with van der Waals surface area (Å²) in [6, 6.07) is 9.94. The van der Waals surface area contributed by atoms with Crippen molar-refractivity contribution in [3.63, 3.8) is 0 Å². The molecular formula is C19H12F3N5O. The molecule has 28 heavy (non-hydrogen) atoms. The SMILES string of the molecule is N#C[C@H]1CN(c2ccnc(C(F)(F)F)c2)C(=O)N1c1cncc2ccccc12. The molecule has 9 heteroatoms. The number of hydrogen-bond donors (Lipinski definition) is 0. The molecule has 3 aromatic rings. The standard InChI is InChI=1S/C19H12F3N5O/c20-19(21,22)17-7-13(5-6-25-17)26-11-14(8-23)27(18(26)28)16-10-24-9-12-3-1-2-4-15(12)16/h1-7,9-10,14H,11H2/t14-/m0/s1. The molecule has 0 radical (unpaired) electrons. The van der Waals surface area contributed by atoms with Crippen LogP contribution in [0.3, 0.4) is 0 Å². The van der Waals surface area contributed by atoms with Gasteiger partial charge in [-0.1, -0.05) is 24.3 Å². The predicted molar refractivity (Wildman–Crippen MR) is 95.6 cm³/mol. The fourth-order valence-electron chi connectivity index (χ4n) is 3.22. The second-order valence-electron chi connectivity index (χ2n) is 6.18. The van der Waals surface area contributed by atoms with Crippen LogP contribution in [0.4, 0.5) is 29.3 Å². The smallest absolute Gasteiger partial charge is 0.291 e. The number of aromatic nitrogens is 2. The summed E-state index contributed by atoms with van der Waals surface area (Å²) in [5, 5.41) is 11.1. The highest BCUT2D eigenvalue weighted by Crippen LogP contribution is 2.35. The molecule has 0 saturated carbocycles. The van der Waals surface area contributed by atoms with Crippen LogP contribution in [-0.4, -0.2) is 28.6 Å². The number of benzene rings is 1. The number of fused-ring (bicyclic) bond motifs is 1. The van der Waals surface area contributed by atoms with Gasteiger partial charge in [-0.2, -0.15) is 18.4 Å². The van der Waals surface area contributed by atoms with E-state index in [1.165, 1.54) is 17.2 Å². The third-order valence-electron chi connectivity index (χ3n) is 4.51. The molecular weight excluding hydrogens is 371 g/mol. The fraction of sp³-hybridized carbons (Fsp3) is 0.158. The summed E-state index contributed by atoms with van der Waals surface area (Å²) in [7, 11) is 0. The van der Waals surface area contributed by atoms with Crippen molar-refractivity contribution in [1.29, 1.82) is 5.26 Å². The monoisotopic (exact) mass is 383 g/mol. The van der Waals surface area contributed by atoms with E-state index < -0.39 is 23.9 Å². The van der Waals surface area contributed by atoms with Crippen molar-refractivity contribution in [2.75, 3.05) is 16.3 Å². The normalized spacial score (nSPS) is 17.2. The lowest BCUT2D eigenvalue weighted by atomic mass is 10.1. The summed E-state index contributed by atoms with van der Waals surface area (Å²) < 4.78 is 38.9. The summed E-state index contributed by atoms with van der Waals surface area (Å²) in [5.74, 6) is 0. The molecule has 0 spiro atoms. The lowest BCUT2D eigenvalue weighted by Crippen LogP contribution is -2.34. The van der Waals surface area contributed by atoms with Gasteiger partial charge >= 0.3 is 12.2 Å². The molecule has 1 aliphatic heterocycles. The first-order valence-corrected chi connectivity index (χ1v) is 8.26. The van der Waals surface area contributed by atoms with Crippen molar-refractivity contribution in [3.05, 3.63) is 60.7 Å². The molecule has 0 aliphatic carbocycles. The number of amides is 2. The number of pyridine rings is 2. The number of rotatable bonds is 2. The van der Waals surface area contributed by atoms with Crippen molar-refractivity contribution in [2.24, 2.45) is 0 Å². The lowest BCUT2D eigenvalue weighted by molar-refractivity contribution is -0.141. The number of nitriles is 1. The van der Waals surface area contributed by atoms with Crippen molar-refractivity contribution >= 4 is 28.2 Å². The number of anilines is 2. The van der Waals surface area contributed by atoms with Crippen molar-refractivity contribution in [3.8, 4) is 6.07 Å². The Morgan fingerprint density at radius 2 is 1.96 bits per heavy atom. The number of carbonyl (C=O) groups excluding carboxylic acids is 1. The molecule has 0 N–H and O–H groups in total. The second-order valence-corrected chi connectivity index (χ2v) is 6.18. The van der Waals surface area contributed by atoms with Gasteiger partial charge in [0.25, 0.3) is 0 Å². The van der Waals surface area contributed by atoms with E-state index in [-0.39, 0.29) is 12.2 Å². The number of halogens is 3. The molecule has 6 nitrogen and oxygen atoms in total. The Labute approximate surface area is 157 Å². The molecule has 1 fully saturated rings. The largest absolute Gasteiger partial charge is 0.433 e. The number of hydrogen-bond acceptors (Lipinski definition) is 4. The molecule has 3 heterocycles. The van der Waals surface area contributed by atoms with Gasteiger partial charge in [-0.15, -0.1) is 0 Å². The van der Waals surface area contributed by atoms with E-state index in [0.29, 0.717) is 5.69 Å². The molecule has 4 rings (SSSR count). The van der Waals surface area contributed by atoms with Gasteiger partial charge in [-0.25, -0.2) is 4.79 Å². The highest BCUT2D eigenvalue weighted by Gasteiger charge is 2.41. The number of urea groups is 1. The van der Waals surface area contributed by atoms with Crippen LogP contribution in [0.1, 0.15) is 5.69 Å². The van der Waals surface area contributed by atoms with Crippen LogP contribution in [0.5, 0.6) is 0 Å². The maximum Gasteiger partial charge on any atom is 0.433 e. The highest BCUT2D eigenvalue weighted by molar-refractivity contribution is 6.11. The van der Waals surface area contributed by atoms with Crippen LogP contribution in [0, 0.1) is 11.3 Å². The van der Waals surface area contributed by atoms with Gasteiger partial charge in [0.1, 0.15) is 11.7 Å². The minimum atomic E-state index is -4.63. The summed E-state index contributed by atoms with van der Waals surface area (Å²) in [6.07, 6.45) is -0.527. The molecule has 1 saturated heterocycles. The Morgan fingerprint density at radius 1 is 1.18 bits per heavy atom. The average molecular weight is 383 g/mol. The molecule has 1 aliphatic rings. The molecule has 0 unspecified atom stereocenters. The third kappa shape index (κ3) is 2.89. The van der Waals surface area contributed by atoms with Gasteiger partial charge in [-0.3, -0.25) is 19.8 Å². The Morgan fingerprint density at radius 3 is 2.71 bits per heavy atom. The quantitative estimate of drug-likeness (QED) is 0.671. The second kappa shape index (κ2) is 6.49. The first-order valence-electron chi connectivity index (χ1n) is 8.26. The third-order valence-corrected chi connectivity index (χ3v) is 4.51. The van der Waals surface area contributed by atoms with Crippen LogP contribution < -0.4 is 9.80 Å². The summed E-state index contributed by atoms with van der Waals surface area (Å²) in [6.45, 7) is -0.0696. The first-order chi connectivity index (χ1) is 13.4. The van der Waals surface area contributed by atoms with Gasteiger partial charge in [0.2, 0.25) is 0 Å². The Kier molecular flexibility index (Phi) is 4.11. The van der Waals surface area contributed by atoms with E-state index in [1.807, 2.05) is 18.2 Å². The lowest BCUT2D eigenvalue weighted by Gasteiger charge is -2.21. The zero-order valence-electron chi connectivity index (χ0n) is 14.3. The predicted octanol–water partition coefficient (Wildman–Crippen LogP) is 3.99. The molecule has 140 valence electrons. The molecule has 1 aromatic carbocycles. The van der Waals surface area contributed by atoms with Gasteiger partial charge in [0, 0.05) is 28.9 Å². The average Bonchev–Trinajstić information content (AvgIpc) is 3.03. The zero-order chi connectivity index (χ0) is 19.9. The molecule has 2 aromatic heterocycles. The number of nitrogens with zero attached hydrogens (tertiary/aromatic N) is 5. The van der Waals surface area contributed by atoms with Gasteiger partial charge in [-0.05, 0) is 12.1 Å². The minimum absolute atomic E-state index is 0.0308. The van der Waals surface area contributed by atoms with Gasteiger partial charge in [0.05, 0.1) is 24.5 Å². The topological polar surface area (TPSA) is 73.1 Å². The maximum absolute atomic E-state index is 13.1. The van der Waals surface area contributed by atoms with E-state index >= 15 is 0 Å². The van der Waals surface area contributed by atoms with Crippen LogP contribution in [0.2, 0.25) is 0 Å². The van der Waals surface area contributed by atoms with E-state index in [1.54, 1.807) is 18.3 Å². The van der Waals surface area contributed by atoms with Crippen LogP contribution in [0.25, 0.3) is 10.8 Å².